The van der Waals surface area contributed by atoms with Crippen molar-refractivity contribution < 1.29 is 0 Å². The molecule has 0 radical (unpaired) electrons. The Kier molecular flexibility index (Phi) is 3.67. The van der Waals surface area contributed by atoms with Gasteiger partial charge in [-0.2, -0.15) is 0 Å². The van der Waals surface area contributed by atoms with Crippen molar-refractivity contribution in [2.45, 2.75) is 46.6 Å². The predicted octanol–water partition coefficient (Wildman–Crippen LogP) is 2.99. The van der Waals surface area contributed by atoms with Gasteiger partial charge < -0.3 is 5.32 Å². The summed E-state index contributed by atoms with van der Waals surface area (Å²) < 4.78 is 0. The van der Waals surface area contributed by atoms with Crippen LogP contribution in [0.1, 0.15) is 42.8 Å². The largest absolute Gasteiger partial charge is 0.306 e. The van der Waals surface area contributed by atoms with Gasteiger partial charge in [0, 0.05) is 4.88 Å². The van der Waals surface area contributed by atoms with Crippen LogP contribution in [-0.2, 0) is 5.54 Å². The van der Waals surface area contributed by atoms with E-state index in [2.05, 4.69) is 44.9 Å². The molecule has 0 aliphatic heterocycles. The van der Waals surface area contributed by atoms with Crippen LogP contribution in [0.3, 0.4) is 0 Å². The van der Waals surface area contributed by atoms with E-state index in [9.17, 15) is 0 Å². The number of thiazole rings is 1. The second-order valence-electron chi connectivity index (χ2n) is 3.88. The molecule has 3 heteroatoms. The van der Waals surface area contributed by atoms with Gasteiger partial charge in [0.2, 0.25) is 0 Å². The van der Waals surface area contributed by atoms with E-state index in [1.165, 1.54) is 15.6 Å². The summed E-state index contributed by atoms with van der Waals surface area (Å²) in [6.45, 7) is 11.8. The highest BCUT2D eigenvalue weighted by molar-refractivity contribution is 7.11. The molecule has 0 fully saturated rings. The lowest BCUT2D eigenvalue weighted by Crippen LogP contribution is -2.38. The quantitative estimate of drug-likeness (QED) is 0.830. The second-order valence-corrected chi connectivity index (χ2v) is 5.08. The van der Waals surface area contributed by atoms with E-state index >= 15 is 0 Å². The molecule has 0 aliphatic rings. The molecule has 0 bridgehead atoms. The number of aryl methyl sites for hydroxylation is 2. The molecule has 1 aromatic heterocycles. The van der Waals surface area contributed by atoms with E-state index in [0.29, 0.717) is 0 Å². The average Bonchev–Trinajstić information content (AvgIpc) is 2.48. The Morgan fingerprint density at radius 1 is 1.36 bits per heavy atom. The fraction of sp³-hybridized carbons (Fsp3) is 0.727. The molecule has 1 unspecified atom stereocenters. The predicted molar refractivity (Wildman–Crippen MR) is 62.9 cm³/mol. The van der Waals surface area contributed by atoms with Gasteiger partial charge in [-0.25, -0.2) is 4.98 Å². The maximum absolute atomic E-state index is 4.63. The van der Waals surface area contributed by atoms with Crippen LogP contribution in [0.4, 0.5) is 0 Å². The highest BCUT2D eigenvalue weighted by Crippen LogP contribution is 2.29. The van der Waals surface area contributed by atoms with Gasteiger partial charge in [0.25, 0.3) is 0 Å². The van der Waals surface area contributed by atoms with Crippen LogP contribution in [0.5, 0.6) is 0 Å². The van der Waals surface area contributed by atoms with Crippen LogP contribution in [0.15, 0.2) is 0 Å². The molecule has 1 N–H and O–H groups in total. The smallest absolute Gasteiger partial charge is 0.113 e. The van der Waals surface area contributed by atoms with E-state index in [4.69, 9.17) is 0 Å². The minimum Gasteiger partial charge on any atom is -0.306 e. The molecule has 1 rings (SSSR count). The lowest BCUT2D eigenvalue weighted by Gasteiger charge is -2.26. The molecule has 0 spiro atoms. The zero-order chi connectivity index (χ0) is 10.8. The van der Waals surface area contributed by atoms with Crippen LogP contribution >= 0.6 is 11.3 Å². The van der Waals surface area contributed by atoms with Crippen molar-refractivity contribution in [1.29, 1.82) is 0 Å². The van der Waals surface area contributed by atoms with E-state index in [1.54, 1.807) is 0 Å². The number of aromatic nitrogens is 1. The van der Waals surface area contributed by atoms with E-state index < -0.39 is 0 Å². The third kappa shape index (κ3) is 2.15. The van der Waals surface area contributed by atoms with E-state index in [0.717, 1.165) is 13.0 Å². The summed E-state index contributed by atoms with van der Waals surface area (Å²) in [5, 5.41) is 4.73. The zero-order valence-corrected chi connectivity index (χ0v) is 10.6. The summed E-state index contributed by atoms with van der Waals surface area (Å²) in [5.41, 5.74) is 1.22. The topological polar surface area (TPSA) is 24.9 Å². The van der Waals surface area contributed by atoms with Gasteiger partial charge in [0.15, 0.2) is 0 Å². The normalized spacial score (nSPS) is 15.5. The van der Waals surface area contributed by atoms with Crippen molar-refractivity contribution in [3.63, 3.8) is 0 Å². The molecular formula is C11H20N2S. The van der Waals surface area contributed by atoms with Gasteiger partial charge in [0.05, 0.1) is 11.2 Å². The first-order chi connectivity index (χ1) is 6.53. The van der Waals surface area contributed by atoms with E-state index in [-0.39, 0.29) is 5.54 Å². The van der Waals surface area contributed by atoms with Crippen molar-refractivity contribution in [3.8, 4) is 0 Å². The van der Waals surface area contributed by atoms with Crippen molar-refractivity contribution in [1.82, 2.24) is 10.3 Å². The Morgan fingerprint density at radius 2 is 2.00 bits per heavy atom. The molecule has 0 saturated carbocycles. The summed E-state index contributed by atoms with van der Waals surface area (Å²) in [7, 11) is 0. The van der Waals surface area contributed by atoms with Gasteiger partial charge >= 0.3 is 0 Å². The standard InChI is InChI=1S/C11H20N2S/c1-6-11(5,12-7-2)10-13-8(3)9(4)14-10/h12H,6-7H2,1-5H3. The molecule has 2 nitrogen and oxygen atoms in total. The Morgan fingerprint density at radius 3 is 2.36 bits per heavy atom. The lowest BCUT2D eigenvalue weighted by molar-refractivity contribution is 0.361. The molecular weight excluding hydrogens is 192 g/mol. The Bertz CT molecular complexity index is 287. The molecule has 0 saturated heterocycles. The van der Waals surface area contributed by atoms with Gasteiger partial charge in [-0.05, 0) is 33.7 Å². The van der Waals surface area contributed by atoms with Gasteiger partial charge in [-0.15, -0.1) is 11.3 Å². The second kappa shape index (κ2) is 4.41. The van der Waals surface area contributed by atoms with E-state index in [1.807, 2.05) is 11.3 Å². The summed E-state index contributed by atoms with van der Waals surface area (Å²) in [6, 6.07) is 0. The van der Waals surface area contributed by atoms with Gasteiger partial charge in [-0.1, -0.05) is 13.8 Å². The van der Waals surface area contributed by atoms with Gasteiger partial charge in [-0.3, -0.25) is 0 Å². The number of nitrogens with zero attached hydrogens (tertiary/aromatic N) is 1. The molecule has 1 atom stereocenters. The molecule has 0 amide bonds. The fourth-order valence-electron chi connectivity index (χ4n) is 1.45. The SMILES string of the molecule is CCNC(C)(CC)c1nc(C)c(C)s1. The summed E-state index contributed by atoms with van der Waals surface area (Å²) >= 11 is 1.81. The Hall–Kier alpha value is -0.410. The van der Waals surface area contributed by atoms with Crippen LogP contribution < -0.4 is 5.32 Å². The fourth-order valence-corrected chi connectivity index (χ4v) is 2.56. The van der Waals surface area contributed by atoms with Crippen molar-refractivity contribution in [2.24, 2.45) is 0 Å². The summed E-state index contributed by atoms with van der Waals surface area (Å²) in [4.78, 5) is 5.96. The number of hydrogen-bond acceptors (Lipinski definition) is 3. The molecule has 80 valence electrons. The molecule has 1 aromatic rings. The van der Waals surface area contributed by atoms with Gasteiger partial charge in [0.1, 0.15) is 5.01 Å². The maximum Gasteiger partial charge on any atom is 0.113 e. The Balaban J connectivity index is 2.99. The number of rotatable bonds is 4. The number of nitrogens with one attached hydrogen (secondary N) is 1. The first kappa shape index (κ1) is 11.7. The highest BCUT2D eigenvalue weighted by atomic mass is 32.1. The maximum atomic E-state index is 4.63. The monoisotopic (exact) mass is 212 g/mol. The summed E-state index contributed by atoms with van der Waals surface area (Å²) in [6.07, 6.45) is 1.08. The van der Waals surface area contributed by atoms with Crippen LogP contribution in [-0.4, -0.2) is 11.5 Å². The first-order valence-electron chi connectivity index (χ1n) is 5.23. The minimum atomic E-state index is 0.0540. The molecule has 0 aromatic carbocycles. The zero-order valence-electron chi connectivity index (χ0n) is 9.77. The molecule has 0 aliphatic carbocycles. The minimum absolute atomic E-state index is 0.0540. The van der Waals surface area contributed by atoms with Crippen LogP contribution in [0.25, 0.3) is 0 Å². The van der Waals surface area contributed by atoms with Crippen molar-refractivity contribution in [3.05, 3.63) is 15.6 Å². The third-order valence-corrected chi connectivity index (χ3v) is 4.11. The van der Waals surface area contributed by atoms with Crippen molar-refractivity contribution in [2.75, 3.05) is 6.54 Å². The van der Waals surface area contributed by atoms with Crippen LogP contribution in [0.2, 0.25) is 0 Å². The highest BCUT2D eigenvalue weighted by Gasteiger charge is 2.27. The molecule has 1 heterocycles. The average molecular weight is 212 g/mol. The molecule has 14 heavy (non-hydrogen) atoms. The third-order valence-electron chi connectivity index (χ3n) is 2.77. The van der Waals surface area contributed by atoms with Crippen LogP contribution in [0, 0.1) is 13.8 Å². The lowest BCUT2D eigenvalue weighted by atomic mass is 10.00. The number of hydrogen-bond donors (Lipinski definition) is 1. The Labute approximate surface area is 90.8 Å². The van der Waals surface area contributed by atoms with Crippen molar-refractivity contribution >= 4 is 11.3 Å². The first-order valence-corrected chi connectivity index (χ1v) is 6.04. The summed E-state index contributed by atoms with van der Waals surface area (Å²) in [5.74, 6) is 0.